The second kappa shape index (κ2) is 5.73. The monoisotopic (exact) mass is 251 g/mol. The Morgan fingerprint density at radius 3 is 3.00 bits per heavy atom. The van der Waals surface area contributed by atoms with Gasteiger partial charge in [-0.05, 0) is 31.0 Å². The molecular weight excluding hydrogens is 234 g/mol. The third-order valence-corrected chi connectivity index (χ3v) is 2.67. The normalized spacial score (nSPS) is 14.3. The molecule has 0 radical (unpaired) electrons. The van der Waals surface area contributed by atoms with Gasteiger partial charge in [-0.3, -0.25) is 4.79 Å². The van der Waals surface area contributed by atoms with Crippen molar-refractivity contribution >= 4 is 5.91 Å². The number of ether oxygens (including phenoxy) is 2. The van der Waals surface area contributed by atoms with Crippen LogP contribution in [0.5, 0.6) is 11.5 Å². The minimum atomic E-state index is -0.514. The number of aryl methyl sites for hydroxylation is 1. The Kier molecular flexibility index (Phi) is 4.04. The van der Waals surface area contributed by atoms with Crippen molar-refractivity contribution in [2.45, 2.75) is 25.9 Å². The summed E-state index contributed by atoms with van der Waals surface area (Å²) in [4.78, 5) is 11.5. The number of carbonyl (C=O) groups excluding carboxylic acids is 1. The predicted octanol–water partition coefficient (Wildman–Crippen LogP) is 0.845. The highest BCUT2D eigenvalue weighted by Gasteiger charge is 2.13. The summed E-state index contributed by atoms with van der Waals surface area (Å²) in [6.45, 7) is 2.19. The van der Waals surface area contributed by atoms with Crippen molar-refractivity contribution in [2.24, 2.45) is 0 Å². The topological polar surface area (TPSA) is 67.8 Å². The molecule has 0 spiro atoms. The fourth-order valence-corrected chi connectivity index (χ4v) is 1.70. The summed E-state index contributed by atoms with van der Waals surface area (Å²) in [6, 6.07) is 5.67. The number of hydrogen-bond acceptors (Lipinski definition) is 4. The zero-order valence-corrected chi connectivity index (χ0v) is 10.3. The molecule has 1 amide bonds. The van der Waals surface area contributed by atoms with Crippen LogP contribution in [-0.4, -0.2) is 30.5 Å². The Morgan fingerprint density at radius 1 is 1.44 bits per heavy atom. The molecule has 1 aromatic carbocycles. The minimum absolute atomic E-state index is 0.0615. The zero-order chi connectivity index (χ0) is 13.0. The number of amides is 1. The predicted molar refractivity (Wildman–Crippen MR) is 65.6 cm³/mol. The van der Waals surface area contributed by atoms with Crippen molar-refractivity contribution in [1.82, 2.24) is 5.32 Å². The second-order valence-corrected chi connectivity index (χ2v) is 4.34. The van der Waals surface area contributed by atoms with E-state index in [-0.39, 0.29) is 12.7 Å². The number of nitrogens with one attached hydrogen (secondary N) is 1. The van der Waals surface area contributed by atoms with Crippen LogP contribution in [0.3, 0.4) is 0 Å². The van der Waals surface area contributed by atoms with Crippen LogP contribution in [-0.2, 0) is 11.2 Å². The van der Waals surface area contributed by atoms with Gasteiger partial charge in [0.1, 0.15) is 0 Å². The molecule has 0 aliphatic carbocycles. The number of fused-ring (bicyclic) bond motifs is 1. The maximum Gasteiger partial charge on any atom is 0.231 e. The number of carbonyl (C=O) groups is 1. The molecule has 5 heteroatoms. The highest BCUT2D eigenvalue weighted by Crippen LogP contribution is 2.32. The lowest BCUT2D eigenvalue weighted by atomic mass is 10.1. The third-order valence-electron chi connectivity index (χ3n) is 2.67. The van der Waals surface area contributed by atoms with Gasteiger partial charge < -0.3 is 19.9 Å². The molecule has 5 nitrogen and oxygen atoms in total. The second-order valence-electron chi connectivity index (χ2n) is 4.34. The van der Waals surface area contributed by atoms with Crippen molar-refractivity contribution in [3.05, 3.63) is 23.8 Å². The van der Waals surface area contributed by atoms with Crippen LogP contribution < -0.4 is 14.8 Å². The van der Waals surface area contributed by atoms with Gasteiger partial charge in [-0.25, -0.2) is 0 Å². The zero-order valence-electron chi connectivity index (χ0n) is 10.3. The van der Waals surface area contributed by atoms with Crippen LogP contribution in [0.1, 0.15) is 18.9 Å². The number of aliphatic hydroxyl groups is 1. The van der Waals surface area contributed by atoms with E-state index in [1.807, 2.05) is 18.2 Å². The molecule has 1 aliphatic heterocycles. The number of benzene rings is 1. The highest BCUT2D eigenvalue weighted by atomic mass is 16.7. The van der Waals surface area contributed by atoms with Crippen LogP contribution in [0.4, 0.5) is 0 Å². The summed E-state index contributed by atoms with van der Waals surface area (Å²) in [5, 5.41) is 11.7. The van der Waals surface area contributed by atoms with Crippen LogP contribution in [0.15, 0.2) is 18.2 Å². The SMILES string of the molecule is CC(O)CNC(=O)CCc1ccc2c(c1)OCO2. The molecule has 2 rings (SSSR count). The molecule has 1 aliphatic rings. The van der Waals surface area contributed by atoms with Crippen molar-refractivity contribution < 1.29 is 19.4 Å². The summed E-state index contributed by atoms with van der Waals surface area (Å²) < 4.78 is 10.5. The summed E-state index contributed by atoms with van der Waals surface area (Å²) in [5.41, 5.74) is 1.03. The fraction of sp³-hybridized carbons (Fsp3) is 0.462. The first-order valence-electron chi connectivity index (χ1n) is 5.98. The van der Waals surface area contributed by atoms with E-state index in [0.717, 1.165) is 17.1 Å². The van der Waals surface area contributed by atoms with E-state index in [0.29, 0.717) is 19.4 Å². The number of hydrogen-bond donors (Lipinski definition) is 2. The Bertz CT molecular complexity index is 431. The molecule has 2 N–H and O–H groups in total. The standard InChI is InChI=1S/C13H17NO4/c1-9(15)7-14-13(16)5-3-10-2-4-11-12(6-10)18-8-17-11/h2,4,6,9,15H,3,5,7-8H2,1H3,(H,14,16). The Labute approximate surface area is 106 Å². The van der Waals surface area contributed by atoms with E-state index >= 15 is 0 Å². The maximum atomic E-state index is 11.5. The van der Waals surface area contributed by atoms with Crippen LogP contribution in [0.2, 0.25) is 0 Å². The van der Waals surface area contributed by atoms with Crippen molar-refractivity contribution in [2.75, 3.05) is 13.3 Å². The van der Waals surface area contributed by atoms with Gasteiger partial charge in [-0.15, -0.1) is 0 Å². The van der Waals surface area contributed by atoms with E-state index in [1.54, 1.807) is 6.92 Å². The van der Waals surface area contributed by atoms with Crippen LogP contribution >= 0.6 is 0 Å². The maximum absolute atomic E-state index is 11.5. The molecule has 0 fully saturated rings. The van der Waals surface area contributed by atoms with Gasteiger partial charge in [-0.1, -0.05) is 6.07 Å². The van der Waals surface area contributed by atoms with Gasteiger partial charge in [0.15, 0.2) is 11.5 Å². The lowest BCUT2D eigenvalue weighted by Crippen LogP contribution is -2.30. The Balaban J connectivity index is 1.81. The van der Waals surface area contributed by atoms with Crippen molar-refractivity contribution in [3.8, 4) is 11.5 Å². The third kappa shape index (κ3) is 3.37. The van der Waals surface area contributed by atoms with Crippen LogP contribution in [0, 0.1) is 0 Å². The van der Waals surface area contributed by atoms with E-state index in [1.165, 1.54) is 0 Å². The largest absolute Gasteiger partial charge is 0.454 e. The number of rotatable bonds is 5. The summed E-state index contributed by atoms with van der Waals surface area (Å²) in [7, 11) is 0. The van der Waals surface area contributed by atoms with E-state index < -0.39 is 6.10 Å². The first kappa shape index (κ1) is 12.7. The van der Waals surface area contributed by atoms with Gasteiger partial charge in [0.25, 0.3) is 0 Å². The number of aliphatic hydroxyl groups excluding tert-OH is 1. The molecule has 1 heterocycles. The van der Waals surface area contributed by atoms with Crippen molar-refractivity contribution in [3.63, 3.8) is 0 Å². The first-order valence-corrected chi connectivity index (χ1v) is 5.98. The summed E-state index contributed by atoms with van der Waals surface area (Å²) in [5.74, 6) is 1.42. The average Bonchev–Trinajstić information content (AvgIpc) is 2.81. The van der Waals surface area contributed by atoms with E-state index in [2.05, 4.69) is 5.32 Å². The van der Waals surface area contributed by atoms with Crippen LogP contribution in [0.25, 0.3) is 0 Å². The van der Waals surface area contributed by atoms with Gasteiger partial charge in [0.2, 0.25) is 12.7 Å². The molecule has 0 saturated carbocycles. The lowest BCUT2D eigenvalue weighted by molar-refractivity contribution is -0.121. The molecule has 1 aromatic rings. The molecule has 0 aromatic heterocycles. The molecule has 18 heavy (non-hydrogen) atoms. The van der Waals surface area contributed by atoms with Gasteiger partial charge >= 0.3 is 0 Å². The molecule has 98 valence electrons. The first-order chi connectivity index (χ1) is 8.65. The van der Waals surface area contributed by atoms with Gasteiger partial charge in [0, 0.05) is 13.0 Å². The fourth-order valence-electron chi connectivity index (χ4n) is 1.70. The van der Waals surface area contributed by atoms with E-state index in [4.69, 9.17) is 14.6 Å². The van der Waals surface area contributed by atoms with Gasteiger partial charge in [0.05, 0.1) is 6.10 Å². The molecule has 1 unspecified atom stereocenters. The Morgan fingerprint density at radius 2 is 2.22 bits per heavy atom. The summed E-state index contributed by atoms with van der Waals surface area (Å²) >= 11 is 0. The van der Waals surface area contributed by atoms with E-state index in [9.17, 15) is 4.79 Å². The molecular formula is C13H17NO4. The average molecular weight is 251 g/mol. The quantitative estimate of drug-likeness (QED) is 0.814. The molecule has 0 bridgehead atoms. The van der Waals surface area contributed by atoms with Gasteiger partial charge in [-0.2, -0.15) is 0 Å². The summed E-state index contributed by atoms with van der Waals surface area (Å²) in [6.07, 6.45) is 0.522. The molecule has 0 saturated heterocycles. The smallest absolute Gasteiger partial charge is 0.231 e. The lowest BCUT2D eigenvalue weighted by Gasteiger charge is -2.07. The minimum Gasteiger partial charge on any atom is -0.454 e. The van der Waals surface area contributed by atoms with Crippen molar-refractivity contribution in [1.29, 1.82) is 0 Å². The highest BCUT2D eigenvalue weighted by molar-refractivity contribution is 5.76. The Hall–Kier alpha value is -1.75. The molecule has 1 atom stereocenters.